The first-order chi connectivity index (χ1) is 9.47. The lowest BCUT2D eigenvalue weighted by Crippen LogP contribution is -2.22. The molecular formula is C16H20N2O2. The van der Waals surface area contributed by atoms with E-state index < -0.39 is 0 Å². The minimum atomic E-state index is -0.0695. The molecule has 2 aromatic rings. The second kappa shape index (κ2) is 5.82. The van der Waals surface area contributed by atoms with Crippen molar-refractivity contribution >= 4 is 5.69 Å². The van der Waals surface area contributed by atoms with E-state index in [1.807, 2.05) is 19.9 Å². The van der Waals surface area contributed by atoms with Crippen LogP contribution >= 0.6 is 0 Å². The molecule has 0 aliphatic carbocycles. The molecule has 0 unspecified atom stereocenters. The van der Waals surface area contributed by atoms with Crippen LogP contribution in [0.25, 0.3) is 0 Å². The van der Waals surface area contributed by atoms with E-state index in [0.717, 1.165) is 11.3 Å². The number of aryl methyl sites for hydroxylation is 2. The van der Waals surface area contributed by atoms with Gasteiger partial charge in [0.05, 0.1) is 6.54 Å². The Morgan fingerprint density at radius 3 is 2.70 bits per heavy atom. The van der Waals surface area contributed by atoms with Crippen LogP contribution < -0.4 is 16.0 Å². The number of hydrogen-bond donors (Lipinski definition) is 1. The van der Waals surface area contributed by atoms with E-state index >= 15 is 0 Å². The Morgan fingerprint density at radius 1 is 1.20 bits per heavy atom. The molecule has 0 saturated heterocycles. The Balaban J connectivity index is 2.07. The molecular weight excluding hydrogens is 252 g/mol. The van der Waals surface area contributed by atoms with Crippen LogP contribution in [0.5, 0.6) is 5.75 Å². The zero-order chi connectivity index (χ0) is 14.7. The first-order valence-corrected chi connectivity index (χ1v) is 6.64. The summed E-state index contributed by atoms with van der Waals surface area (Å²) in [6.07, 6.45) is 1.64. The molecule has 0 radical (unpaired) electrons. The molecule has 0 amide bonds. The third-order valence-corrected chi connectivity index (χ3v) is 3.36. The van der Waals surface area contributed by atoms with Gasteiger partial charge in [0.15, 0.2) is 0 Å². The first kappa shape index (κ1) is 14.2. The van der Waals surface area contributed by atoms with Crippen LogP contribution in [0.4, 0.5) is 5.69 Å². The van der Waals surface area contributed by atoms with Crippen molar-refractivity contribution in [1.82, 2.24) is 4.57 Å². The number of nitrogens with zero attached hydrogens (tertiary/aromatic N) is 1. The van der Waals surface area contributed by atoms with Crippen LogP contribution in [0.1, 0.15) is 16.7 Å². The summed E-state index contributed by atoms with van der Waals surface area (Å²) in [5.74, 6) is 0.874. The van der Waals surface area contributed by atoms with Gasteiger partial charge in [0, 0.05) is 18.0 Å². The second-order valence-electron chi connectivity index (χ2n) is 5.05. The summed E-state index contributed by atoms with van der Waals surface area (Å²) in [7, 11) is 0. The van der Waals surface area contributed by atoms with Gasteiger partial charge in [-0.1, -0.05) is 6.07 Å². The van der Waals surface area contributed by atoms with Gasteiger partial charge in [0.1, 0.15) is 12.4 Å². The molecule has 0 saturated carbocycles. The largest absolute Gasteiger partial charge is 0.491 e. The molecule has 4 nitrogen and oxygen atoms in total. The van der Waals surface area contributed by atoms with Gasteiger partial charge in [-0.3, -0.25) is 4.79 Å². The van der Waals surface area contributed by atoms with Crippen LogP contribution in [0.15, 0.2) is 35.3 Å². The van der Waals surface area contributed by atoms with Crippen molar-refractivity contribution in [3.05, 3.63) is 57.5 Å². The molecule has 20 heavy (non-hydrogen) atoms. The van der Waals surface area contributed by atoms with E-state index in [-0.39, 0.29) is 5.56 Å². The van der Waals surface area contributed by atoms with Gasteiger partial charge in [0.25, 0.3) is 5.56 Å². The van der Waals surface area contributed by atoms with E-state index in [2.05, 4.69) is 13.0 Å². The van der Waals surface area contributed by atoms with Crippen LogP contribution in [-0.4, -0.2) is 11.2 Å². The number of ether oxygens (including phenoxy) is 1. The number of rotatable bonds is 4. The maximum absolute atomic E-state index is 11.6. The van der Waals surface area contributed by atoms with E-state index in [0.29, 0.717) is 18.8 Å². The van der Waals surface area contributed by atoms with Crippen LogP contribution in [0, 0.1) is 20.8 Å². The Labute approximate surface area is 118 Å². The lowest BCUT2D eigenvalue weighted by molar-refractivity contribution is 0.294. The van der Waals surface area contributed by atoms with Crippen molar-refractivity contribution in [2.45, 2.75) is 27.3 Å². The fraction of sp³-hybridized carbons (Fsp3) is 0.312. The maximum Gasteiger partial charge on any atom is 0.250 e. The van der Waals surface area contributed by atoms with E-state index in [9.17, 15) is 4.79 Å². The van der Waals surface area contributed by atoms with E-state index in [1.54, 1.807) is 16.8 Å². The number of hydrogen-bond acceptors (Lipinski definition) is 3. The molecule has 0 aliphatic heterocycles. The van der Waals surface area contributed by atoms with Crippen LogP contribution in [-0.2, 0) is 6.54 Å². The third-order valence-electron chi connectivity index (χ3n) is 3.36. The molecule has 1 aromatic heterocycles. The van der Waals surface area contributed by atoms with Gasteiger partial charge >= 0.3 is 0 Å². The Morgan fingerprint density at radius 2 is 1.95 bits per heavy atom. The van der Waals surface area contributed by atoms with Crippen molar-refractivity contribution < 1.29 is 4.74 Å². The molecule has 0 aliphatic rings. The molecule has 0 fully saturated rings. The van der Waals surface area contributed by atoms with Gasteiger partial charge < -0.3 is 15.0 Å². The Bertz CT molecular complexity index is 675. The molecule has 0 atom stereocenters. The Hall–Kier alpha value is -2.23. The molecule has 0 spiro atoms. The fourth-order valence-electron chi connectivity index (χ4n) is 2.13. The van der Waals surface area contributed by atoms with Gasteiger partial charge in [-0.25, -0.2) is 0 Å². The summed E-state index contributed by atoms with van der Waals surface area (Å²) in [6, 6.07) is 7.22. The molecule has 2 rings (SSSR count). The second-order valence-corrected chi connectivity index (χ2v) is 5.05. The summed E-state index contributed by atoms with van der Waals surface area (Å²) in [5.41, 5.74) is 9.69. The topological polar surface area (TPSA) is 57.2 Å². The number of nitrogen functional groups attached to an aromatic ring is 1. The molecule has 106 valence electrons. The number of pyridine rings is 1. The van der Waals surface area contributed by atoms with Gasteiger partial charge in [-0.05, 0) is 49.6 Å². The molecule has 0 bridgehead atoms. The van der Waals surface area contributed by atoms with E-state index in [1.165, 1.54) is 17.2 Å². The van der Waals surface area contributed by atoms with Crippen molar-refractivity contribution in [3.63, 3.8) is 0 Å². The molecule has 4 heteroatoms. The first-order valence-electron chi connectivity index (χ1n) is 6.64. The summed E-state index contributed by atoms with van der Waals surface area (Å²) >= 11 is 0. The zero-order valence-electron chi connectivity index (χ0n) is 12.1. The normalized spacial score (nSPS) is 10.6. The van der Waals surface area contributed by atoms with Crippen LogP contribution in [0.2, 0.25) is 0 Å². The molecule has 1 aromatic carbocycles. The number of nitrogens with two attached hydrogens (primary N) is 1. The lowest BCUT2D eigenvalue weighted by Gasteiger charge is -2.13. The SMILES string of the molecule is Cc1cc(C)c(C)c(OCCn2cc(N)ccc2=O)c1. The smallest absolute Gasteiger partial charge is 0.250 e. The number of benzene rings is 1. The van der Waals surface area contributed by atoms with Crippen molar-refractivity contribution in [2.24, 2.45) is 0 Å². The predicted molar refractivity (Wildman–Crippen MR) is 81.3 cm³/mol. The van der Waals surface area contributed by atoms with Crippen molar-refractivity contribution in [2.75, 3.05) is 12.3 Å². The summed E-state index contributed by atoms with van der Waals surface area (Å²) < 4.78 is 7.36. The Kier molecular flexibility index (Phi) is 4.13. The minimum absolute atomic E-state index is 0.0695. The van der Waals surface area contributed by atoms with E-state index in [4.69, 9.17) is 10.5 Å². The minimum Gasteiger partial charge on any atom is -0.491 e. The summed E-state index contributed by atoms with van der Waals surface area (Å²) in [4.78, 5) is 11.6. The highest BCUT2D eigenvalue weighted by atomic mass is 16.5. The average Bonchev–Trinajstić information content (AvgIpc) is 2.39. The fourth-order valence-corrected chi connectivity index (χ4v) is 2.13. The highest BCUT2D eigenvalue weighted by Gasteiger charge is 2.04. The predicted octanol–water partition coefficient (Wildman–Crippen LogP) is 2.43. The maximum atomic E-state index is 11.6. The molecule has 1 heterocycles. The van der Waals surface area contributed by atoms with Gasteiger partial charge in [0.2, 0.25) is 0 Å². The standard InChI is InChI=1S/C16H20N2O2/c1-11-8-12(2)13(3)15(9-11)20-7-6-18-10-14(17)4-5-16(18)19/h4-5,8-10H,6-7,17H2,1-3H3. The number of anilines is 1. The summed E-state index contributed by atoms with van der Waals surface area (Å²) in [5, 5.41) is 0. The monoisotopic (exact) mass is 272 g/mol. The van der Waals surface area contributed by atoms with Crippen molar-refractivity contribution in [1.29, 1.82) is 0 Å². The third kappa shape index (κ3) is 3.20. The molecule has 2 N–H and O–H groups in total. The van der Waals surface area contributed by atoms with Crippen LogP contribution in [0.3, 0.4) is 0 Å². The zero-order valence-corrected chi connectivity index (χ0v) is 12.1. The highest BCUT2D eigenvalue weighted by molar-refractivity contribution is 5.41. The van der Waals surface area contributed by atoms with Gasteiger partial charge in [-0.15, -0.1) is 0 Å². The van der Waals surface area contributed by atoms with Crippen molar-refractivity contribution in [3.8, 4) is 5.75 Å². The average molecular weight is 272 g/mol. The number of aromatic nitrogens is 1. The lowest BCUT2D eigenvalue weighted by atomic mass is 10.1. The summed E-state index contributed by atoms with van der Waals surface area (Å²) in [6.45, 7) is 7.07. The quantitative estimate of drug-likeness (QED) is 0.930. The highest BCUT2D eigenvalue weighted by Crippen LogP contribution is 2.23. The van der Waals surface area contributed by atoms with Gasteiger partial charge in [-0.2, -0.15) is 0 Å².